The Hall–Kier alpha value is -4.38. The predicted octanol–water partition coefficient (Wildman–Crippen LogP) is 5.48. The molecule has 0 radical (unpaired) electrons. The van der Waals surface area contributed by atoms with Gasteiger partial charge in [-0.1, -0.05) is 51.9 Å². The van der Waals surface area contributed by atoms with E-state index in [0.29, 0.717) is 47.1 Å². The maximum atomic E-state index is 15.1. The molecule has 1 aliphatic heterocycles. The number of nitrogens with zero attached hydrogens (tertiary/aromatic N) is 6. The lowest BCUT2D eigenvalue weighted by molar-refractivity contribution is -0.568. The van der Waals surface area contributed by atoms with Crippen molar-refractivity contribution >= 4 is 34.2 Å². The van der Waals surface area contributed by atoms with E-state index in [1.807, 2.05) is 39.5 Å². The second-order valence-corrected chi connectivity index (χ2v) is 11.9. The minimum Gasteiger partial charge on any atom is -0.710 e. The van der Waals surface area contributed by atoms with Crippen LogP contribution in [0.25, 0.3) is 28.0 Å². The van der Waals surface area contributed by atoms with E-state index >= 15 is 8.78 Å². The van der Waals surface area contributed by atoms with Crippen molar-refractivity contribution in [1.82, 2.24) is 19.4 Å². The lowest BCUT2D eigenvalue weighted by Crippen LogP contribution is -2.54. The fourth-order valence-electron chi connectivity index (χ4n) is 5.86. The first-order chi connectivity index (χ1) is 20.9. The summed E-state index contributed by atoms with van der Waals surface area (Å²) in [5.41, 5.74) is -0.0258. The quantitative estimate of drug-likeness (QED) is 0.160. The van der Waals surface area contributed by atoms with Crippen LogP contribution in [0.2, 0.25) is 5.02 Å². The van der Waals surface area contributed by atoms with Crippen LogP contribution in [0.3, 0.4) is 0 Å². The fraction of sp³-hybridized carbons (Fsp3) is 0.344. The van der Waals surface area contributed by atoms with Crippen molar-refractivity contribution in [3.05, 3.63) is 92.9 Å². The Morgan fingerprint density at radius 2 is 1.73 bits per heavy atom. The van der Waals surface area contributed by atoms with Crippen LogP contribution in [0.1, 0.15) is 57.8 Å². The van der Waals surface area contributed by atoms with E-state index < -0.39 is 28.5 Å². The molecule has 0 unspecified atom stereocenters. The van der Waals surface area contributed by atoms with E-state index in [9.17, 15) is 14.8 Å². The van der Waals surface area contributed by atoms with Gasteiger partial charge >= 0.3 is 11.2 Å². The molecule has 9 nitrogen and oxygen atoms in total. The Balaban J connectivity index is 1.91. The highest BCUT2D eigenvalue weighted by Gasteiger charge is 2.34. The third kappa shape index (κ3) is 5.19. The lowest BCUT2D eigenvalue weighted by atomic mass is 10.0. The number of rotatable bonds is 6. The largest absolute Gasteiger partial charge is 0.710 e. The number of hydrogen-bond acceptors (Lipinski definition) is 6. The summed E-state index contributed by atoms with van der Waals surface area (Å²) in [5.74, 6) is -2.50. The Labute approximate surface area is 258 Å². The predicted molar refractivity (Wildman–Crippen MR) is 166 cm³/mol. The third-order valence-electron chi connectivity index (χ3n) is 7.92. The molecule has 0 N–H and O–H groups in total. The normalized spacial score (nSPS) is 15.5. The highest BCUT2D eigenvalue weighted by Crippen LogP contribution is 2.37. The molecule has 0 aliphatic carbocycles. The lowest BCUT2D eigenvalue weighted by Gasteiger charge is -2.41. The van der Waals surface area contributed by atoms with Crippen molar-refractivity contribution in [1.29, 1.82) is 0 Å². The summed E-state index contributed by atoms with van der Waals surface area (Å²) in [5, 5.41) is 14.6. The third-order valence-corrected chi connectivity index (χ3v) is 8.21. The zero-order valence-corrected chi connectivity index (χ0v) is 25.9. The van der Waals surface area contributed by atoms with Crippen molar-refractivity contribution < 1.29 is 18.3 Å². The first kappa shape index (κ1) is 31.1. The van der Waals surface area contributed by atoms with Crippen LogP contribution in [0, 0.1) is 16.8 Å². The molecule has 0 saturated carbocycles. The second-order valence-electron chi connectivity index (χ2n) is 11.5. The number of amides is 1. The van der Waals surface area contributed by atoms with Gasteiger partial charge in [0.25, 0.3) is 0 Å². The van der Waals surface area contributed by atoms with E-state index in [1.165, 1.54) is 35.2 Å². The standard InChI is InChI=1S/C32H33ClF2N6O3/c1-7-25(42)38-11-12-39(19(6)15-38)24-14-26(43)40(31-28(17(2)3)36-16-37-29(31)18(4)5)32-20(24)13-21(33)30(41(32)44)27-22(34)9-8-10-23(27)35/h7-10,13-14,16-19H,1,11-12,15H2,2-6H3/t19-/m0/s1. The van der Waals surface area contributed by atoms with Crippen molar-refractivity contribution in [2.75, 3.05) is 24.5 Å². The molecule has 4 aromatic rings. The molecule has 4 heterocycles. The van der Waals surface area contributed by atoms with Crippen molar-refractivity contribution in [3.63, 3.8) is 0 Å². The van der Waals surface area contributed by atoms with E-state index in [4.69, 9.17) is 11.6 Å². The molecular weight excluding hydrogens is 590 g/mol. The SMILES string of the molecule is C=CC(=O)N1CCN(c2cc(=O)n(-c3c(C(C)C)ncnc3C(C)C)c3c2cc(Cl)c(-c2c(F)cccc2F)[n+]3[O-])[C@@H](C)C1. The van der Waals surface area contributed by atoms with Crippen LogP contribution >= 0.6 is 11.6 Å². The Morgan fingerprint density at radius 1 is 1.11 bits per heavy atom. The number of carbonyl (C=O) groups is 1. The topological polar surface area (TPSA) is 98.3 Å². The summed E-state index contributed by atoms with van der Waals surface area (Å²) in [6, 6.07) is 5.88. The Morgan fingerprint density at radius 3 is 2.27 bits per heavy atom. The maximum absolute atomic E-state index is 15.1. The van der Waals surface area contributed by atoms with Gasteiger partial charge in [-0.2, -0.15) is 4.57 Å². The van der Waals surface area contributed by atoms with Crippen LogP contribution in [0.15, 0.2) is 54.1 Å². The molecule has 1 aliphatic rings. The van der Waals surface area contributed by atoms with Crippen LogP contribution < -0.4 is 15.2 Å². The molecule has 1 saturated heterocycles. The summed E-state index contributed by atoms with van der Waals surface area (Å²) in [6.07, 6.45) is 2.67. The summed E-state index contributed by atoms with van der Waals surface area (Å²) in [7, 11) is 0. The number of fused-ring (bicyclic) bond motifs is 1. The molecule has 0 bridgehead atoms. The van der Waals surface area contributed by atoms with Gasteiger partial charge in [0.2, 0.25) is 5.91 Å². The molecule has 1 amide bonds. The molecule has 5 rings (SSSR count). The number of pyridine rings is 2. The van der Waals surface area contributed by atoms with E-state index in [1.54, 1.807) is 4.90 Å². The molecule has 1 fully saturated rings. The van der Waals surface area contributed by atoms with Gasteiger partial charge in [-0.05, 0) is 43.0 Å². The highest BCUT2D eigenvalue weighted by atomic mass is 35.5. The summed E-state index contributed by atoms with van der Waals surface area (Å²) in [6.45, 7) is 14.1. The molecule has 3 aromatic heterocycles. The summed E-state index contributed by atoms with van der Waals surface area (Å²) < 4.78 is 31.8. The molecule has 44 heavy (non-hydrogen) atoms. The van der Waals surface area contributed by atoms with Gasteiger partial charge in [0.15, 0.2) is 11.4 Å². The number of hydrogen-bond donors (Lipinski definition) is 0. The number of piperazine rings is 1. The average Bonchev–Trinajstić information content (AvgIpc) is 2.97. The second kappa shape index (κ2) is 12.0. The molecular formula is C32H33ClF2N6O3. The molecule has 0 spiro atoms. The first-order valence-electron chi connectivity index (χ1n) is 14.4. The van der Waals surface area contributed by atoms with Crippen LogP contribution in [-0.4, -0.2) is 51.0 Å². The fourth-order valence-corrected chi connectivity index (χ4v) is 6.14. The van der Waals surface area contributed by atoms with Crippen LogP contribution in [0.4, 0.5) is 14.5 Å². The molecule has 230 valence electrons. The smallest absolute Gasteiger partial charge is 0.341 e. The monoisotopic (exact) mass is 622 g/mol. The van der Waals surface area contributed by atoms with Gasteiger partial charge in [-0.25, -0.2) is 28.3 Å². The first-order valence-corrected chi connectivity index (χ1v) is 14.7. The number of anilines is 1. The highest BCUT2D eigenvalue weighted by molar-refractivity contribution is 6.33. The van der Waals surface area contributed by atoms with Crippen molar-refractivity contribution in [3.8, 4) is 16.9 Å². The Bertz CT molecular complexity index is 1810. The Kier molecular flexibility index (Phi) is 8.44. The zero-order chi connectivity index (χ0) is 32.0. The minimum absolute atomic E-state index is 0.168. The maximum Gasteiger partial charge on any atom is 0.341 e. The van der Waals surface area contributed by atoms with E-state index in [2.05, 4.69) is 16.5 Å². The number of aromatic nitrogens is 4. The van der Waals surface area contributed by atoms with Gasteiger partial charge in [0.05, 0.1) is 39.1 Å². The number of benzene rings is 1. The van der Waals surface area contributed by atoms with Gasteiger partial charge < -0.3 is 15.0 Å². The number of carbonyl (C=O) groups excluding carboxylic acids is 1. The van der Waals surface area contributed by atoms with Gasteiger partial charge in [0.1, 0.15) is 18.0 Å². The van der Waals surface area contributed by atoms with Gasteiger partial charge in [0, 0.05) is 25.7 Å². The minimum atomic E-state index is -0.980. The zero-order valence-electron chi connectivity index (χ0n) is 25.1. The van der Waals surface area contributed by atoms with Gasteiger partial charge in [-0.15, -0.1) is 0 Å². The van der Waals surface area contributed by atoms with Gasteiger partial charge in [-0.3, -0.25) is 4.79 Å². The van der Waals surface area contributed by atoms with Crippen LogP contribution in [-0.2, 0) is 4.79 Å². The van der Waals surface area contributed by atoms with Crippen molar-refractivity contribution in [2.45, 2.75) is 52.5 Å². The molecule has 12 heteroatoms. The average molecular weight is 623 g/mol. The van der Waals surface area contributed by atoms with E-state index in [-0.39, 0.29) is 39.8 Å². The summed E-state index contributed by atoms with van der Waals surface area (Å²) in [4.78, 5) is 39.1. The van der Waals surface area contributed by atoms with Crippen LogP contribution in [0.5, 0.6) is 0 Å². The van der Waals surface area contributed by atoms with Crippen molar-refractivity contribution in [2.24, 2.45) is 0 Å². The number of halogens is 3. The van der Waals surface area contributed by atoms with E-state index in [0.717, 1.165) is 12.1 Å². The molecule has 1 atom stereocenters. The molecule has 1 aromatic carbocycles. The summed E-state index contributed by atoms with van der Waals surface area (Å²) >= 11 is 6.67.